The van der Waals surface area contributed by atoms with Gasteiger partial charge < -0.3 is 14.5 Å². The van der Waals surface area contributed by atoms with Crippen molar-refractivity contribution in [2.24, 2.45) is 0 Å². The van der Waals surface area contributed by atoms with Gasteiger partial charge in [0.2, 0.25) is 0 Å². The van der Waals surface area contributed by atoms with E-state index >= 15 is 0 Å². The molecule has 3 saturated heterocycles. The molecule has 2 aromatic carbocycles. The van der Waals surface area contributed by atoms with Gasteiger partial charge in [-0.2, -0.15) is 0 Å². The second-order valence-electron chi connectivity index (χ2n) is 8.66. The molecule has 1 N–H and O–H groups in total. The second kappa shape index (κ2) is 9.25. The maximum Gasteiger partial charge on any atom is 0.328 e. The summed E-state index contributed by atoms with van der Waals surface area (Å²) in [6.45, 7) is 1.14. The molecular formula is C24H26ClN5O4. The highest BCUT2D eigenvalue weighted by Gasteiger charge is 2.56. The Hall–Kier alpha value is -3.14. The van der Waals surface area contributed by atoms with Crippen molar-refractivity contribution >= 4 is 35.2 Å². The van der Waals surface area contributed by atoms with Crippen molar-refractivity contribution in [3.8, 4) is 0 Å². The van der Waals surface area contributed by atoms with Crippen molar-refractivity contribution in [1.82, 2.24) is 20.0 Å². The molecule has 0 aliphatic carbocycles. The van der Waals surface area contributed by atoms with E-state index in [1.54, 1.807) is 7.05 Å². The van der Waals surface area contributed by atoms with Crippen LogP contribution in [-0.2, 0) is 20.9 Å². The summed E-state index contributed by atoms with van der Waals surface area (Å²) in [5.41, 5.74) is 1.78. The number of ether oxygens (including phenoxy) is 1. The van der Waals surface area contributed by atoms with Gasteiger partial charge in [-0.25, -0.2) is 4.79 Å². The summed E-state index contributed by atoms with van der Waals surface area (Å²) in [5.74, 6) is -1.02. The summed E-state index contributed by atoms with van der Waals surface area (Å²) in [6, 6.07) is 15.7. The molecule has 3 unspecified atom stereocenters. The molecule has 0 spiro atoms. The normalized spacial score (nSPS) is 24.8. The van der Waals surface area contributed by atoms with Gasteiger partial charge in [-0.05, 0) is 30.2 Å². The summed E-state index contributed by atoms with van der Waals surface area (Å²) < 4.78 is 5.31. The molecule has 2 aromatic rings. The van der Waals surface area contributed by atoms with Crippen molar-refractivity contribution in [3.63, 3.8) is 0 Å². The van der Waals surface area contributed by atoms with Gasteiger partial charge in [-0.15, -0.1) is 0 Å². The van der Waals surface area contributed by atoms with E-state index in [-0.39, 0.29) is 12.9 Å². The van der Waals surface area contributed by atoms with Crippen LogP contribution in [0.5, 0.6) is 0 Å². The van der Waals surface area contributed by atoms with Crippen molar-refractivity contribution in [2.45, 2.75) is 31.5 Å². The van der Waals surface area contributed by atoms with Crippen LogP contribution in [0, 0.1) is 0 Å². The van der Waals surface area contributed by atoms with Crippen LogP contribution in [0.3, 0.4) is 0 Å². The van der Waals surface area contributed by atoms with Crippen LogP contribution in [0.1, 0.15) is 12.0 Å². The fraction of sp³-hybridized carbons (Fsp3) is 0.375. The minimum atomic E-state index is -0.626. The zero-order valence-corrected chi connectivity index (χ0v) is 19.5. The van der Waals surface area contributed by atoms with E-state index in [1.807, 2.05) is 54.6 Å². The number of imide groups is 1. The Balaban J connectivity index is 1.32. The molecule has 5 rings (SSSR count). The Morgan fingerprint density at radius 1 is 1.12 bits per heavy atom. The number of anilines is 1. The molecule has 3 aliphatic heterocycles. The average Bonchev–Trinajstić information content (AvgIpc) is 3.25. The van der Waals surface area contributed by atoms with E-state index in [4.69, 9.17) is 16.3 Å². The third-order valence-electron chi connectivity index (χ3n) is 6.54. The lowest BCUT2D eigenvalue weighted by Crippen LogP contribution is -2.67. The minimum absolute atomic E-state index is 0.0855. The van der Waals surface area contributed by atoms with Gasteiger partial charge in [0.05, 0.1) is 0 Å². The van der Waals surface area contributed by atoms with Crippen LogP contribution < -0.4 is 10.2 Å². The molecule has 3 fully saturated rings. The number of benzene rings is 2. The van der Waals surface area contributed by atoms with Crippen LogP contribution in [0.2, 0.25) is 5.02 Å². The van der Waals surface area contributed by atoms with Gasteiger partial charge in [0.15, 0.2) is 0 Å². The Bertz CT molecular complexity index is 1100. The number of hydrogen-bond acceptors (Lipinski definition) is 7. The molecule has 3 aliphatic rings. The largest absolute Gasteiger partial charge is 0.459 e. The summed E-state index contributed by atoms with van der Waals surface area (Å²) in [7, 11) is 1.64. The van der Waals surface area contributed by atoms with Crippen molar-refractivity contribution in [2.75, 3.05) is 31.6 Å². The number of carbonyl (C=O) groups excluding carboxylic acids is 3. The van der Waals surface area contributed by atoms with Gasteiger partial charge in [0.25, 0.3) is 5.91 Å². The highest BCUT2D eigenvalue weighted by molar-refractivity contribution is 6.30. The number of nitrogens with zero attached hydrogens (tertiary/aromatic N) is 4. The lowest BCUT2D eigenvalue weighted by atomic mass is 10.1. The predicted octanol–water partition coefficient (Wildman–Crippen LogP) is 2.07. The topological polar surface area (TPSA) is 85.4 Å². The first-order chi connectivity index (χ1) is 16.4. The van der Waals surface area contributed by atoms with E-state index in [0.29, 0.717) is 11.6 Å². The summed E-state index contributed by atoms with van der Waals surface area (Å²) in [4.78, 5) is 45.7. The number of carbonyl (C=O) groups is 3. The van der Waals surface area contributed by atoms with E-state index in [2.05, 4.69) is 15.1 Å². The van der Waals surface area contributed by atoms with Crippen molar-refractivity contribution in [3.05, 3.63) is 65.2 Å². The zero-order chi connectivity index (χ0) is 23.8. The first kappa shape index (κ1) is 22.6. The Kier molecular flexibility index (Phi) is 6.16. The lowest BCUT2D eigenvalue weighted by Gasteiger charge is -2.43. The van der Waals surface area contributed by atoms with E-state index in [0.717, 1.165) is 29.1 Å². The number of urea groups is 1. The van der Waals surface area contributed by atoms with Gasteiger partial charge >= 0.3 is 12.0 Å². The van der Waals surface area contributed by atoms with Crippen LogP contribution in [0.15, 0.2) is 54.6 Å². The maximum absolute atomic E-state index is 13.5. The molecule has 3 atom stereocenters. The Morgan fingerprint density at radius 2 is 1.91 bits per heavy atom. The minimum Gasteiger partial charge on any atom is -0.459 e. The van der Waals surface area contributed by atoms with Crippen LogP contribution in [0.4, 0.5) is 10.5 Å². The van der Waals surface area contributed by atoms with Gasteiger partial charge in [0.1, 0.15) is 31.6 Å². The molecule has 34 heavy (non-hydrogen) atoms. The summed E-state index contributed by atoms with van der Waals surface area (Å²) in [5, 5.41) is 4.08. The van der Waals surface area contributed by atoms with E-state index < -0.39 is 36.7 Å². The SMILES string of the molecule is CN1C(=O)N(CC(=O)OCc2ccccc2)C(=O)C2C1NC1N(c3cccc(Cl)c3)CCCN21. The number of amides is 3. The quantitative estimate of drug-likeness (QED) is 0.651. The van der Waals surface area contributed by atoms with Crippen molar-refractivity contribution in [1.29, 1.82) is 0 Å². The molecule has 9 nitrogen and oxygen atoms in total. The number of esters is 1. The highest BCUT2D eigenvalue weighted by Crippen LogP contribution is 2.33. The first-order valence-corrected chi connectivity index (χ1v) is 11.6. The standard InChI is InChI=1S/C24H26ClN5O4/c1-27-21-20(29-12-6-11-28(23(29)26-21)18-10-5-9-17(25)13-18)22(32)30(24(27)33)14-19(31)34-15-16-7-3-2-4-8-16/h2-5,7-10,13,20-21,23,26H,6,11-12,14-15H2,1H3. The number of halogens is 1. The lowest BCUT2D eigenvalue weighted by molar-refractivity contribution is -0.152. The third kappa shape index (κ3) is 4.11. The number of rotatable bonds is 5. The van der Waals surface area contributed by atoms with E-state index in [1.165, 1.54) is 4.90 Å². The molecule has 3 amide bonds. The molecule has 0 bridgehead atoms. The van der Waals surface area contributed by atoms with Crippen LogP contribution in [-0.4, -0.2) is 77.8 Å². The summed E-state index contributed by atoms with van der Waals surface area (Å²) in [6.07, 6.45) is 0.0746. The Labute approximate surface area is 202 Å². The molecule has 10 heteroatoms. The predicted molar refractivity (Wildman–Crippen MR) is 126 cm³/mol. The Morgan fingerprint density at radius 3 is 2.68 bits per heavy atom. The zero-order valence-electron chi connectivity index (χ0n) is 18.8. The molecule has 0 saturated carbocycles. The molecular weight excluding hydrogens is 458 g/mol. The molecule has 0 radical (unpaired) electrons. The van der Waals surface area contributed by atoms with Gasteiger partial charge in [-0.1, -0.05) is 48.0 Å². The highest BCUT2D eigenvalue weighted by atomic mass is 35.5. The fourth-order valence-corrected chi connectivity index (χ4v) is 5.08. The van der Waals surface area contributed by atoms with Gasteiger partial charge in [-0.3, -0.25) is 24.7 Å². The number of likely N-dealkylation sites (N-methyl/N-ethyl adjacent to an activating group) is 1. The molecule has 3 heterocycles. The monoisotopic (exact) mass is 483 g/mol. The third-order valence-corrected chi connectivity index (χ3v) is 6.77. The smallest absolute Gasteiger partial charge is 0.328 e. The summed E-state index contributed by atoms with van der Waals surface area (Å²) >= 11 is 6.21. The van der Waals surface area contributed by atoms with Crippen LogP contribution >= 0.6 is 11.6 Å². The second-order valence-corrected chi connectivity index (χ2v) is 9.10. The van der Waals surface area contributed by atoms with Crippen molar-refractivity contribution < 1.29 is 19.1 Å². The van der Waals surface area contributed by atoms with E-state index in [9.17, 15) is 14.4 Å². The maximum atomic E-state index is 13.5. The number of nitrogens with one attached hydrogen (secondary N) is 1. The molecule has 178 valence electrons. The number of hydrogen-bond donors (Lipinski definition) is 1. The fourth-order valence-electron chi connectivity index (χ4n) is 4.90. The average molecular weight is 484 g/mol. The van der Waals surface area contributed by atoms with Crippen LogP contribution in [0.25, 0.3) is 0 Å². The first-order valence-electron chi connectivity index (χ1n) is 11.3. The molecule has 0 aromatic heterocycles. The van der Waals surface area contributed by atoms with Gasteiger partial charge in [0, 0.05) is 30.8 Å². The number of fused-ring (bicyclic) bond motifs is 3.